The predicted octanol–water partition coefficient (Wildman–Crippen LogP) is 3.87. The molecule has 3 N–H and O–H groups in total. The van der Waals surface area contributed by atoms with Gasteiger partial charge in [-0.25, -0.2) is 9.59 Å². The van der Waals surface area contributed by atoms with Crippen LogP contribution in [-0.4, -0.2) is 37.3 Å². The maximum absolute atomic E-state index is 14.1. The number of hydrogen-bond acceptors (Lipinski definition) is 8. The van der Waals surface area contributed by atoms with Gasteiger partial charge < -0.3 is 20.5 Å². The number of esters is 2. The number of rotatable bonds is 4. The van der Waals surface area contributed by atoms with E-state index in [1.807, 2.05) is 32.9 Å². The average molecular weight is 530 g/mol. The van der Waals surface area contributed by atoms with Gasteiger partial charge in [0.2, 0.25) is 5.91 Å². The van der Waals surface area contributed by atoms with E-state index in [4.69, 9.17) is 15.2 Å². The van der Waals surface area contributed by atoms with E-state index in [0.717, 1.165) is 5.56 Å². The van der Waals surface area contributed by atoms with E-state index in [1.165, 1.54) is 7.11 Å². The zero-order chi connectivity index (χ0) is 28.3. The summed E-state index contributed by atoms with van der Waals surface area (Å²) in [4.78, 5) is 55.5. The number of nitrogens with zero attached hydrogens (tertiary/aromatic N) is 1. The third kappa shape index (κ3) is 3.83. The van der Waals surface area contributed by atoms with Crippen LogP contribution >= 0.6 is 0 Å². The summed E-state index contributed by atoms with van der Waals surface area (Å²) < 4.78 is 10.3. The Morgan fingerprint density at radius 2 is 1.74 bits per heavy atom. The topological polar surface area (TPSA) is 128 Å². The van der Waals surface area contributed by atoms with Crippen molar-refractivity contribution in [2.75, 3.05) is 23.9 Å². The molecule has 1 unspecified atom stereocenters. The van der Waals surface area contributed by atoms with Crippen LogP contribution in [-0.2, 0) is 29.3 Å². The Bertz CT molecular complexity index is 1500. The summed E-state index contributed by atoms with van der Waals surface area (Å²) in [6.07, 6.45) is 0.602. The van der Waals surface area contributed by atoms with Gasteiger partial charge in [-0.2, -0.15) is 0 Å². The molecular weight excluding hydrogens is 498 g/mol. The van der Waals surface area contributed by atoms with Gasteiger partial charge >= 0.3 is 11.9 Å². The Hall–Kier alpha value is -4.40. The van der Waals surface area contributed by atoms with Crippen molar-refractivity contribution < 1.29 is 28.7 Å². The van der Waals surface area contributed by atoms with Crippen molar-refractivity contribution in [3.05, 3.63) is 81.8 Å². The number of allylic oxidation sites excluding steroid dienone is 1. The summed E-state index contributed by atoms with van der Waals surface area (Å²) in [5, 5.41) is 2.88. The lowest BCUT2D eigenvalue weighted by atomic mass is 9.60. The van der Waals surface area contributed by atoms with Crippen molar-refractivity contribution in [1.29, 1.82) is 0 Å². The van der Waals surface area contributed by atoms with Crippen LogP contribution in [0.1, 0.15) is 55.1 Å². The van der Waals surface area contributed by atoms with Gasteiger partial charge in [0.05, 0.1) is 19.3 Å². The third-order valence-electron chi connectivity index (χ3n) is 7.56. The van der Waals surface area contributed by atoms with E-state index in [-0.39, 0.29) is 35.8 Å². The van der Waals surface area contributed by atoms with Crippen molar-refractivity contribution in [3.63, 3.8) is 0 Å². The third-order valence-corrected chi connectivity index (χ3v) is 7.56. The highest BCUT2D eigenvalue weighted by atomic mass is 16.5. The molecule has 2 aromatic rings. The molecule has 0 saturated carbocycles. The van der Waals surface area contributed by atoms with Crippen LogP contribution in [0.15, 0.2) is 65.1 Å². The number of anilines is 2. The van der Waals surface area contributed by atoms with Gasteiger partial charge in [-0.05, 0) is 56.0 Å². The number of amides is 1. The van der Waals surface area contributed by atoms with Crippen LogP contribution in [0.3, 0.4) is 0 Å². The van der Waals surface area contributed by atoms with E-state index in [1.54, 1.807) is 42.2 Å². The highest BCUT2D eigenvalue weighted by molar-refractivity contribution is 6.23. The minimum atomic E-state index is -1.76. The molecule has 202 valence electrons. The molecule has 9 heteroatoms. The Morgan fingerprint density at radius 3 is 2.38 bits per heavy atom. The second kappa shape index (κ2) is 9.11. The van der Waals surface area contributed by atoms with Crippen molar-refractivity contribution in [3.8, 4) is 0 Å². The molecule has 0 aromatic heterocycles. The summed E-state index contributed by atoms with van der Waals surface area (Å²) in [7, 11) is 1.22. The van der Waals surface area contributed by atoms with E-state index in [2.05, 4.69) is 5.32 Å². The molecule has 9 nitrogen and oxygen atoms in total. The highest BCUT2D eigenvalue weighted by Gasteiger charge is 2.63. The molecule has 0 radical (unpaired) electrons. The molecule has 3 aliphatic rings. The number of benzene rings is 2. The number of Topliss-reactive ketones (excluding diaryl/α,β-unsaturated/α-hetero) is 1. The first-order valence-electron chi connectivity index (χ1n) is 12.8. The number of carbonyl (C=O) groups is 4. The van der Waals surface area contributed by atoms with Gasteiger partial charge in [-0.1, -0.05) is 31.5 Å². The number of carbonyl (C=O) groups excluding carboxylic acids is 4. The molecule has 0 fully saturated rings. The van der Waals surface area contributed by atoms with Crippen molar-refractivity contribution >= 4 is 35.0 Å². The molecule has 1 spiro atoms. The van der Waals surface area contributed by atoms with Gasteiger partial charge in [0.25, 0.3) is 0 Å². The van der Waals surface area contributed by atoms with Gasteiger partial charge in [-0.15, -0.1) is 0 Å². The summed E-state index contributed by atoms with van der Waals surface area (Å²) in [5.74, 6) is -2.06. The Labute approximate surface area is 226 Å². The molecule has 2 aliphatic heterocycles. The average Bonchev–Trinajstić information content (AvgIpc) is 3.14. The number of ether oxygens (including phenoxy) is 2. The normalized spacial score (nSPS) is 21.5. The number of hydrogen-bond donors (Lipinski definition) is 2. The van der Waals surface area contributed by atoms with Crippen LogP contribution in [0.25, 0.3) is 0 Å². The van der Waals surface area contributed by atoms with Crippen molar-refractivity contribution in [2.24, 2.45) is 11.1 Å². The number of ketones is 1. The maximum atomic E-state index is 14.1. The van der Waals surface area contributed by atoms with Crippen LogP contribution < -0.4 is 16.0 Å². The van der Waals surface area contributed by atoms with E-state index in [9.17, 15) is 19.2 Å². The molecular formula is C30H31N3O6. The minimum absolute atomic E-state index is 0.0144. The maximum Gasteiger partial charge on any atom is 0.339 e. The first kappa shape index (κ1) is 26.2. The lowest BCUT2D eigenvalue weighted by molar-refractivity contribution is -0.138. The van der Waals surface area contributed by atoms with E-state index >= 15 is 0 Å². The number of nitrogens with two attached hydrogens (primary N) is 1. The van der Waals surface area contributed by atoms with Crippen LogP contribution in [0.2, 0.25) is 0 Å². The smallest absolute Gasteiger partial charge is 0.339 e. The quantitative estimate of drug-likeness (QED) is 0.572. The van der Waals surface area contributed by atoms with Gasteiger partial charge in [0.1, 0.15) is 16.8 Å². The van der Waals surface area contributed by atoms with E-state index < -0.39 is 28.7 Å². The van der Waals surface area contributed by atoms with E-state index in [0.29, 0.717) is 34.6 Å². The first-order valence-corrected chi connectivity index (χ1v) is 12.8. The van der Waals surface area contributed by atoms with Crippen molar-refractivity contribution in [1.82, 2.24) is 0 Å². The number of nitrogens with one attached hydrogen (secondary N) is 1. The molecule has 0 bridgehead atoms. The molecule has 5 rings (SSSR count). The van der Waals surface area contributed by atoms with Gasteiger partial charge in [-0.3, -0.25) is 14.5 Å². The Kier molecular flexibility index (Phi) is 6.13. The number of aryl methyl sites for hydroxylation is 1. The second-order valence-electron chi connectivity index (χ2n) is 10.9. The number of methoxy groups -OCH3 is 1. The summed E-state index contributed by atoms with van der Waals surface area (Å²) in [6.45, 7) is 7.80. The lowest BCUT2D eigenvalue weighted by Crippen LogP contribution is -2.54. The molecule has 1 atom stereocenters. The minimum Gasteiger partial charge on any atom is -0.466 e. The van der Waals surface area contributed by atoms with Crippen LogP contribution in [0.5, 0.6) is 0 Å². The summed E-state index contributed by atoms with van der Waals surface area (Å²) in [5.41, 5.74) is 7.99. The molecule has 2 heterocycles. The monoisotopic (exact) mass is 529 g/mol. The van der Waals surface area contributed by atoms with Gasteiger partial charge in [0.15, 0.2) is 5.78 Å². The summed E-state index contributed by atoms with van der Waals surface area (Å²) >= 11 is 0. The lowest BCUT2D eigenvalue weighted by Gasteiger charge is -2.47. The van der Waals surface area contributed by atoms with Crippen LogP contribution in [0.4, 0.5) is 11.4 Å². The Morgan fingerprint density at radius 1 is 1.05 bits per heavy atom. The van der Waals surface area contributed by atoms with Crippen molar-refractivity contribution in [2.45, 2.75) is 46.0 Å². The Balaban J connectivity index is 1.84. The highest BCUT2D eigenvalue weighted by Crippen LogP contribution is 2.57. The SMILES string of the molecule is CCOC(=O)c1ccc(N2C(N)=C(C(=O)OC)C3(C(=O)Nc4ccc(C)cc43)C3=C2CC(C)(C)CC3=O)cc1. The fourth-order valence-corrected chi connectivity index (χ4v) is 6.01. The number of fused-ring (bicyclic) bond motifs is 3. The summed E-state index contributed by atoms with van der Waals surface area (Å²) in [6, 6.07) is 12.0. The standard InChI is InChI=1S/C30H31N3O6/c1-6-39-26(35)17-8-10-18(11-9-17)33-21-14-29(3,4)15-22(34)23(21)30(24(25(33)31)27(36)38-5)19-13-16(2)7-12-20(19)32-28(30)37/h7-13H,6,14-15,31H2,1-5H3,(H,32,37). The fraction of sp³-hybridized carbons (Fsp3) is 0.333. The molecule has 1 amide bonds. The zero-order valence-corrected chi connectivity index (χ0v) is 22.6. The zero-order valence-electron chi connectivity index (χ0n) is 22.6. The molecule has 39 heavy (non-hydrogen) atoms. The van der Waals surface area contributed by atoms with Crippen LogP contribution in [0, 0.1) is 12.3 Å². The second-order valence-corrected chi connectivity index (χ2v) is 10.9. The fourth-order valence-electron chi connectivity index (χ4n) is 6.01. The van der Waals surface area contributed by atoms with Gasteiger partial charge in [0, 0.05) is 34.6 Å². The molecule has 1 aliphatic carbocycles. The first-order chi connectivity index (χ1) is 18.5. The largest absolute Gasteiger partial charge is 0.466 e. The predicted molar refractivity (Wildman–Crippen MR) is 145 cm³/mol. The molecule has 2 aromatic carbocycles. The molecule has 0 saturated heterocycles.